The molecule has 19 heavy (non-hydrogen) atoms. The Hall–Kier alpha value is -1.60. The van der Waals surface area contributed by atoms with Gasteiger partial charge in [-0.2, -0.15) is 0 Å². The maximum Gasteiger partial charge on any atom is 0.242 e. The van der Waals surface area contributed by atoms with E-state index in [0.717, 1.165) is 17.9 Å². The zero-order chi connectivity index (χ0) is 14.0. The fourth-order valence-corrected chi connectivity index (χ4v) is 2.98. The third-order valence-electron chi connectivity index (χ3n) is 2.78. The molecule has 1 aliphatic rings. The molecule has 0 radical (unpaired) electrons. The van der Waals surface area contributed by atoms with Gasteiger partial charge in [-0.25, -0.2) is 13.6 Å². The minimum atomic E-state index is -3.81. The minimum absolute atomic E-state index is 0.0386. The number of amidine groups is 1. The van der Waals surface area contributed by atoms with Crippen LogP contribution in [-0.4, -0.2) is 33.9 Å². The monoisotopic (exact) mass is 283 g/mol. The van der Waals surface area contributed by atoms with Crippen LogP contribution in [0.4, 0.5) is 0 Å². The lowest BCUT2D eigenvalue weighted by Gasteiger charge is -2.13. The molecule has 0 bridgehead atoms. The summed E-state index contributed by atoms with van der Waals surface area (Å²) in [5.41, 5.74) is 1.50. The van der Waals surface area contributed by atoms with E-state index in [-0.39, 0.29) is 17.3 Å². The number of nitrogens with zero attached hydrogens (tertiary/aromatic N) is 1. The quantitative estimate of drug-likeness (QED) is 0.832. The van der Waals surface area contributed by atoms with Crippen molar-refractivity contribution < 1.29 is 13.2 Å². The van der Waals surface area contributed by atoms with Crippen molar-refractivity contribution >= 4 is 15.9 Å². The lowest BCUT2D eigenvalue weighted by molar-refractivity contribution is 0.362. The Kier molecular flexibility index (Phi) is 3.77. The molecule has 104 valence electrons. The number of ether oxygens (including phenoxy) is 1. The summed E-state index contributed by atoms with van der Waals surface area (Å²) in [5.74, 6) is 0.996. The lowest BCUT2D eigenvalue weighted by atomic mass is 10.1. The third kappa shape index (κ3) is 3.24. The number of hydrogen-bond acceptors (Lipinski definition) is 5. The molecular formula is C12H17N3O3S. The molecule has 0 aromatic heterocycles. The van der Waals surface area contributed by atoms with Gasteiger partial charge in [0.05, 0.1) is 6.54 Å². The molecule has 0 saturated carbocycles. The second-order valence-electron chi connectivity index (χ2n) is 4.50. The van der Waals surface area contributed by atoms with Crippen molar-refractivity contribution in [2.45, 2.75) is 18.7 Å². The molecule has 3 N–H and O–H groups in total. The summed E-state index contributed by atoms with van der Waals surface area (Å²) in [4.78, 5) is 4.23. The first-order chi connectivity index (χ1) is 8.88. The van der Waals surface area contributed by atoms with Crippen LogP contribution in [0.5, 0.6) is 5.75 Å². The van der Waals surface area contributed by atoms with E-state index in [1.165, 1.54) is 0 Å². The van der Waals surface area contributed by atoms with Crippen molar-refractivity contribution in [1.82, 2.24) is 5.32 Å². The van der Waals surface area contributed by atoms with Gasteiger partial charge in [0.25, 0.3) is 0 Å². The van der Waals surface area contributed by atoms with Gasteiger partial charge in [0, 0.05) is 6.54 Å². The summed E-state index contributed by atoms with van der Waals surface area (Å²) in [7, 11) is -3.81. The Balaban J connectivity index is 2.32. The fraction of sp³-hybridized carbons (Fsp3) is 0.417. The molecule has 0 unspecified atom stereocenters. The number of aliphatic imine (C=N–C) groups is 1. The molecule has 0 fully saturated rings. The second kappa shape index (κ2) is 5.18. The highest BCUT2D eigenvalue weighted by atomic mass is 32.2. The molecule has 7 heteroatoms. The molecular weight excluding hydrogens is 266 g/mol. The topological polar surface area (TPSA) is 93.8 Å². The predicted molar refractivity (Wildman–Crippen MR) is 73.1 cm³/mol. The third-order valence-corrected chi connectivity index (χ3v) is 3.87. The normalized spacial score (nSPS) is 15.0. The summed E-state index contributed by atoms with van der Waals surface area (Å²) in [6.45, 7) is 5.29. The Morgan fingerprint density at radius 3 is 2.74 bits per heavy atom. The van der Waals surface area contributed by atoms with Gasteiger partial charge in [-0.1, -0.05) is 6.07 Å². The second-order valence-corrected chi connectivity index (χ2v) is 6.00. The molecule has 0 aliphatic carbocycles. The van der Waals surface area contributed by atoms with Crippen LogP contribution in [0.15, 0.2) is 22.0 Å². The van der Waals surface area contributed by atoms with E-state index in [1.807, 2.05) is 6.92 Å². The van der Waals surface area contributed by atoms with Crippen LogP contribution < -0.4 is 15.2 Å². The SMILES string of the molecule is Cc1cc(C)c(S(N)(=O)=O)c(OCC2=NCCN2)c1. The number of hydrogen-bond donors (Lipinski definition) is 2. The summed E-state index contributed by atoms with van der Waals surface area (Å²) in [6.07, 6.45) is 0. The molecule has 1 heterocycles. The standard InChI is InChI=1S/C12H17N3O3S/c1-8-5-9(2)12(19(13,16)17)10(6-8)18-7-11-14-3-4-15-11/h5-6H,3-4,7H2,1-2H3,(H,14,15)(H2,13,16,17). The highest BCUT2D eigenvalue weighted by Crippen LogP contribution is 2.28. The summed E-state index contributed by atoms with van der Waals surface area (Å²) in [6, 6.07) is 3.43. The zero-order valence-electron chi connectivity index (χ0n) is 10.9. The van der Waals surface area contributed by atoms with Crippen molar-refractivity contribution in [2.24, 2.45) is 10.1 Å². The van der Waals surface area contributed by atoms with Crippen LogP contribution in [0.1, 0.15) is 11.1 Å². The number of benzene rings is 1. The first-order valence-electron chi connectivity index (χ1n) is 5.92. The molecule has 1 aliphatic heterocycles. The van der Waals surface area contributed by atoms with Gasteiger partial charge in [-0.3, -0.25) is 4.99 Å². The molecule has 1 aromatic rings. The highest BCUT2D eigenvalue weighted by Gasteiger charge is 2.19. The van der Waals surface area contributed by atoms with Crippen LogP contribution in [0.2, 0.25) is 0 Å². The van der Waals surface area contributed by atoms with Crippen molar-refractivity contribution in [2.75, 3.05) is 19.7 Å². The number of aryl methyl sites for hydroxylation is 2. The Bertz CT molecular complexity index is 623. The van der Waals surface area contributed by atoms with Gasteiger partial charge in [-0.05, 0) is 31.0 Å². The van der Waals surface area contributed by atoms with Crippen LogP contribution in [-0.2, 0) is 10.0 Å². The zero-order valence-corrected chi connectivity index (χ0v) is 11.8. The van der Waals surface area contributed by atoms with Crippen molar-refractivity contribution in [3.8, 4) is 5.75 Å². The van der Waals surface area contributed by atoms with Gasteiger partial charge in [0.2, 0.25) is 10.0 Å². The number of primary sulfonamides is 1. The van der Waals surface area contributed by atoms with E-state index in [4.69, 9.17) is 9.88 Å². The molecule has 0 amide bonds. The van der Waals surface area contributed by atoms with Gasteiger partial charge >= 0.3 is 0 Å². The van der Waals surface area contributed by atoms with E-state index < -0.39 is 10.0 Å². The number of rotatable bonds is 4. The maximum atomic E-state index is 11.6. The van der Waals surface area contributed by atoms with Crippen LogP contribution in [0.25, 0.3) is 0 Å². The van der Waals surface area contributed by atoms with Crippen LogP contribution >= 0.6 is 0 Å². The van der Waals surface area contributed by atoms with Gasteiger partial charge in [0.1, 0.15) is 23.1 Å². The number of nitrogens with two attached hydrogens (primary N) is 1. The van der Waals surface area contributed by atoms with Crippen LogP contribution in [0.3, 0.4) is 0 Å². The lowest BCUT2D eigenvalue weighted by Crippen LogP contribution is -2.25. The summed E-state index contributed by atoms with van der Waals surface area (Å²) < 4.78 is 28.8. The average Bonchev–Trinajstić information content (AvgIpc) is 2.75. The van der Waals surface area contributed by atoms with E-state index in [1.54, 1.807) is 19.1 Å². The highest BCUT2D eigenvalue weighted by molar-refractivity contribution is 7.89. The number of nitrogens with one attached hydrogen (secondary N) is 1. The van der Waals surface area contributed by atoms with Crippen molar-refractivity contribution in [1.29, 1.82) is 0 Å². The molecule has 1 aromatic carbocycles. The predicted octanol–water partition coefficient (Wildman–Crippen LogP) is 0.331. The van der Waals surface area contributed by atoms with Crippen molar-refractivity contribution in [3.05, 3.63) is 23.3 Å². The number of sulfonamides is 1. The average molecular weight is 283 g/mol. The fourth-order valence-electron chi connectivity index (χ4n) is 2.08. The van der Waals surface area contributed by atoms with Gasteiger partial charge < -0.3 is 10.1 Å². The molecule has 2 rings (SSSR count). The molecule has 0 spiro atoms. The van der Waals surface area contributed by atoms with Crippen LogP contribution in [0, 0.1) is 13.8 Å². The van der Waals surface area contributed by atoms with E-state index in [9.17, 15) is 8.42 Å². The summed E-state index contributed by atoms with van der Waals surface area (Å²) >= 11 is 0. The van der Waals surface area contributed by atoms with E-state index in [2.05, 4.69) is 10.3 Å². The molecule has 0 atom stereocenters. The Morgan fingerprint density at radius 2 is 2.16 bits per heavy atom. The first kappa shape index (κ1) is 13.8. The van der Waals surface area contributed by atoms with Gasteiger partial charge in [0.15, 0.2) is 0 Å². The Labute approximate surface area is 112 Å². The smallest absolute Gasteiger partial charge is 0.242 e. The van der Waals surface area contributed by atoms with Gasteiger partial charge in [-0.15, -0.1) is 0 Å². The van der Waals surface area contributed by atoms with E-state index in [0.29, 0.717) is 12.1 Å². The molecule has 0 saturated heterocycles. The summed E-state index contributed by atoms with van der Waals surface area (Å²) in [5, 5.41) is 8.30. The molecule has 6 nitrogen and oxygen atoms in total. The first-order valence-corrected chi connectivity index (χ1v) is 7.46. The van der Waals surface area contributed by atoms with E-state index >= 15 is 0 Å². The minimum Gasteiger partial charge on any atom is -0.484 e. The maximum absolute atomic E-state index is 11.6. The van der Waals surface area contributed by atoms with Crippen molar-refractivity contribution in [3.63, 3.8) is 0 Å². The Morgan fingerprint density at radius 1 is 1.42 bits per heavy atom. The largest absolute Gasteiger partial charge is 0.484 e.